The van der Waals surface area contributed by atoms with E-state index < -0.39 is 0 Å². The number of benzene rings is 2. The maximum Gasteiger partial charge on any atom is 0.253 e. The fourth-order valence-electron chi connectivity index (χ4n) is 3.68. The molecule has 0 radical (unpaired) electrons. The molecule has 0 saturated carbocycles. The summed E-state index contributed by atoms with van der Waals surface area (Å²) in [4.78, 5) is 18.8. The number of rotatable bonds is 7. The number of carbonyl (C=O) groups excluding carboxylic acids is 1. The predicted molar refractivity (Wildman–Crippen MR) is 137 cm³/mol. The molecule has 2 aromatic carbocycles. The van der Waals surface area contributed by atoms with Crippen LogP contribution in [0.25, 0.3) is 0 Å². The Morgan fingerprint density at radius 2 is 1.74 bits per heavy atom. The largest absolute Gasteiger partial charge is 0.496 e. The van der Waals surface area contributed by atoms with Crippen molar-refractivity contribution in [3.05, 3.63) is 65.2 Å². The van der Waals surface area contributed by atoms with Gasteiger partial charge in [-0.25, -0.2) is 0 Å². The molecule has 7 heteroatoms. The molecule has 2 aromatic rings. The molecule has 168 valence electrons. The molecule has 0 unspecified atom stereocenters. The van der Waals surface area contributed by atoms with Crippen molar-refractivity contribution >= 4 is 35.8 Å². The second-order valence-electron chi connectivity index (χ2n) is 7.46. The molecule has 31 heavy (non-hydrogen) atoms. The third kappa shape index (κ3) is 7.41. The number of carbonyl (C=O) groups is 1. The van der Waals surface area contributed by atoms with Crippen LogP contribution in [0.5, 0.6) is 5.75 Å². The third-order valence-corrected chi connectivity index (χ3v) is 5.41. The lowest BCUT2D eigenvalue weighted by Crippen LogP contribution is -2.38. The average molecular weight is 536 g/mol. The number of methoxy groups -OCH3 is 1. The molecule has 1 saturated heterocycles. The van der Waals surface area contributed by atoms with E-state index in [0.717, 1.165) is 67.3 Å². The van der Waals surface area contributed by atoms with E-state index in [9.17, 15) is 4.79 Å². The van der Waals surface area contributed by atoms with Crippen molar-refractivity contribution in [2.45, 2.75) is 32.2 Å². The summed E-state index contributed by atoms with van der Waals surface area (Å²) in [5.74, 6) is 1.79. The minimum absolute atomic E-state index is 0. The first kappa shape index (κ1) is 25.0. The van der Waals surface area contributed by atoms with Crippen molar-refractivity contribution in [3.8, 4) is 5.75 Å². The van der Waals surface area contributed by atoms with Gasteiger partial charge < -0.3 is 20.3 Å². The number of hydrogen-bond donors (Lipinski definition) is 2. The smallest absolute Gasteiger partial charge is 0.253 e. The van der Waals surface area contributed by atoms with Gasteiger partial charge in [-0.2, -0.15) is 0 Å². The normalized spacial score (nSPS) is 13.9. The first-order chi connectivity index (χ1) is 14.7. The molecule has 2 N–H and O–H groups in total. The Balaban J connectivity index is 0.00000341. The molecule has 0 spiro atoms. The maximum atomic E-state index is 12.6. The Hall–Kier alpha value is -2.29. The van der Waals surface area contributed by atoms with Gasteiger partial charge in [0.05, 0.1) is 7.11 Å². The van der Waals surface area contributed by atoms with Gasteiger partial charge in [-0.15, -0.1) is 24.0 Å². The van der Waals surface area contributed by atoms with Crippen LogP contribution in [0.4, 0.5) is 0 Å². The van der Waals surface area contributed by atoms with Gasteiger partial charge >= 0.3 is 0 Å². The molecule has 0 aliphatic carbocycles. The van der Waals surface area contributed by atoms with Crippen molar-refractivity contribution in [1.29, 1.82) is 0 Å². The van der Waals surface area contributed by atoms with Gasteiger partial charge in [0.1, 0.15) is 5.75 Å². The second kappa shape index (κ2) is 13.2. The lowest BCUT2D eigenvalue weighted by atomic mass is 10.1. The van der Waals surface area contributed by atoms with Gasteiger partial charge in [-0.1, -0.05) is 30.3 Å². The monoisotopic (exact) mass is 536 g/mol. The van der Waals surface area contributed by atoms with Gasteiger partial charge in [0, 0.05) is 38.8 Å². The fourth-order valence-corrected chi connectivity index (χ4v) is 3.68. The van der Waals surface area contributed by atoms with Crippen molar-refractivity contribution in [3.63, 3.8) is 0 Å². The van der Waals surface area contributed by atoms with Gasteiger partial charge in [0.25, 0.3) is 5.91 Å². The molecule has 1 heterocycles. The number of guanidine groups is 1. The highest BCUT2D eigenvalue weighted by Gasteiger charge is 2.17. The van der Waals surface area contributed by atoms with Gasteiger partial charge in [0.2, 0.25) is 0 Å². The van der Waals surface area contributed by atoms with Crippen molar-refractivity contribution < 1.29 is 9.53 Å². The molecule has 3 rings (SSSR count). The Morgan fingerprint density at radius 1 is 1.03 bits per heavy atom. The summed E-state index contributed by atoms with van der Waals surface area (Å²) in [5.41, 5.74) is 3.04. The zero-order valence-electron chi connectivity index (χ0n) is 18.4. The minimum Gasteiger partial charge on any atom is -0.496 e. The number of hydrogen-bond acceptors (Lipinski definition) is 3. The lowest BCUT2D eigenvalue weighted by molar-refractivity contribution is 0.0724. The summed E-state index contributed by atoms with van der Waals surface area (Å²) in [6.07, 6.45) is 4.29. The van der Waals surface area contributed by atoms with Crippen LogP contribution in [0.3, 0.4) is 0 Å². The van der Waals surface area contributed by atoms with Crippen LogP contribution in [0, 0.1) is 0 Å². The van der Waals surface area contributed by atoms with Crippen molar-refractivity contribution in [1.82, 2.24) is 15.5 Å². The number of amides is 1. The van der Waals surface area contributed by atoms with Crippen LogP contribution >= 0.6 is 24.0 Å². The fraction of sp³-hybridized carbons (Fsp3) is 0.417. The summed E-state index contributed by atoms with van der Waals surface area (Å²) >= 11 is 0. The predicted octanol–water partition coefficient (Wildman–Crippen LogP) is 3.85. The van der Waals surface area contributed by atoms with E-state index in [1.165, 1.54) is 6.42 Å². The highest BCUT2D eigenvalue weighted by atomic mass is 127. The Bertz CT molecular complexity index is 849. The molecule has 1 amide bonds. The highest BCUT2D eigenvalue weighted by Crippen LogP contribution is 2.17. The van der Waals surface area contributed by atoms with E-state index in [2.05, 4.69) is 21.7 Å². The number of nitrogens with zero attached hydrogens (tertiary/aromatic N) is 2. The highest BCUT2D eigenvalue weighted by molar-refractivity contribution is 14.0. The number of para-hydroxylation sites is 1. The molecule has 1 aliphatic rings. The van der Waals surface area contributed by atoms with Crippen LogP contribution in [0.2, 0.25) is 0 Å². The third-order valence-electron chi connectivity index (χ3n) is 5.41. The number of nitrogens with one attached hydrogen (secondary N) is 2. The summed E-state index contributed by atoms with van der Waals surface area (Å²) < 4.78 is 5.40. The first-order valence-corrected chi connectivity index (χ1v) is 10.7. The number of aliphatic imine (C=N–C) groups is 1. The molecule has 0 aromatic heterocycles. The van der Waals surface area contributed by atoms with E-state index in [-0.39, 0.29) is 29.9 Å². The Labute approximate surface area is 202 Å². The Morgan fingerprint density at radius 3 is 2.42 bits per heavy atom. The van der Waals surface area contributed by atoms with Gasteiger partial charge in [-0.3, -0.25) is 9.79 Å². The standard InChI is InChI=1S/C24H32N4O2.HI/c1-25-24(26-15-14-20-8-4-5-9-22(20)30-2)27-18-19-10-12-21(13-11-19)23(29)28-16-6-3-7-17-28;/h4-5,8-13H,3,6-7,14-18H2,1-2H3,(H2,25,26,27);1H. The molecular weight excluding hydrogens is 503 g/mol. The molecule has 0 atom stereocenters. The quantitative estimate of drug-likeness (QED) is 0.321. The Kier molecular flexibility index (Phi) is 10.6. The van der Waals surface area contributed by atoms with Crippen molar-refractivity contribution in [2.75, 3.05) is 33.8 Å². The topological polar surface area (TPSA) is 66.0 Å². The SMILES string of the molecule is CN=C(NCCc1ccccc1OC)NCc1ccc(C(=O)N2CCCCC2)cc1.I. The average Bonchev–Trinajstić information content (AvgIpc) is 2.82. The number of likely N-dealkylation sites (tertiary alicyclic amines) is 1. The van der Waals surface area contributed by atoms with E-state index in [4.69, 9.17) is 4.74 Å². The molecule has 6 nitrogen and oxygen atoms in total. The molecule has 1 aliphatic heterocycles. The van der Waals surface area contributed by atoms with Gasteiger partial charge in [0.15, 0.2) is 5.96 Å². The minimum atomic E-state index is 0. The summed E-state index contributed by atoms with van der Waals surface area (Å²) in [6.45, 7) is 3.15. The number of ether oxygens (including phenoxy) is 1. The van der Waals surface area contributed by atoms with Crippen molar-refractivity contribution in [2.24, 2.45) is 4.99 Å². The molecule has 0 bridgehead atoms. The van der Waals surface area contributed by atoms with Crippen LogP contribution < -0.4 is 15.4 Å². The lowest BCUT2D eigenvalue weighted by Gasteiger charge is -2.26. The zero-order valence-corrected chi connectivity index (χ0v) is 20.7. The van der Waals surface area contributed by atoms with Crippen LogP contribution in [-0.4, -0.2) is 50.6 Å². The van der Waals surface area contributed by atoms with E-state index in [1.807, 2.05) is 47.4 Å². The second-order valence-corrected chi connectivity index (χ2v) is 7.46. The number of halogens is 1. The van der Waals surface area contributed by atoms with Crippen LogP contribution in [0.15, 0.2) is 53.5 Å². The van der Waals surface area contributed by atoms with E-state index >= 15 is 0 Å². The summed E-state index contributed by atoms with van der Waals surface area (Å²) in [6, 6.07) is 15.9. The van der Waals surface area contributed by atoms with Gasteiger partial charge in [-0.05, 0) is 55.0 Å². The zero-order chi connectivity index (χ0) is 21.2. The van der Waals surface area contributed by atoms with E-state index in [0.29, 0.717) is 6.54 Å². The van der Waals surface area contributed by atoms with Crippen LogP contribution in [0.1, 0.15) is 40.7 Å². The number of piperidine rings is 1. The van der Waals surface area contributed by atoms with Crippen LogP contribution in [-0.2, 0) is 13.0 Å². The summed E-state index contributed by atoms with van der Waals surface area (Å²) in [5, 5.41) is 6.66. The first-order valence-electron chi connectivity index (χ1n) is 10.7. The summed E-state index contributed by atoms with van der Waals surface area (Å²) in [7, 11) is 3.46. The molecular formula is C24H33IN4O2. The maximum absolute atomic E-state index is 12.6. The van der Waals surface area contributed by atoms with E-state index in [1.54, 1.807) is 14.2 Å². The molecule has 1 fully saturated rings.